The first-order valence-electron chi connectivity index (χ1n) is 9.11. The summed E-state index contributed by atoms with van der Waals surface area (Å²) in [6, 6.07) is 8.33. The van der Waals surface area contributed by atoms with E-state index >= 15 is 0 Å². The summed E-state index contributed by atoms with van der Waals surface area (Å²) < 4.78 is 0. The molecule has 0 spiro atoms. The van der Waals surface area contributed by atoms with Crippen LogP contribution < -0.4 is 0 Å². The van der Waals surface area contributed by atoms with Crippen LogP contribution in [0.15, 0.2) is 24.3 Å². The van der Waals surface area contributed by atoms with E-state index in [1.54, 1.807) is 4.90 Å². The zero-order chi connectivity index (χ0) is 17.6. The minimum Gasteiger partial charge on any atom is -0.312 e. The summed E-state index contributed by atoms with van der Waals surface area (Å²) in [5.41, 5.74) is 1.16. The number of halogens is 1. The maximum atomic E-state index is 12.6. The molecule has 0 unspecified atom stereocenters. The lowest BCUT2D eigenvalue weighted by molar-refractivity contribution is -0.126. The van der Waals surface area contributed by atoms with Gasteiger partial charge in [0.1, 0.15) is 6.54 Å². The van der Waals surface area contributed by atoms with Crippen molar-refractivity contribution in [3.63, 3.8) is 0 Å². The fourth-order valence-electron chi connectivity index (χ4n) is 4.31. The lowest BCUT2D eigenvalue weighted by Gasteiger charge is -2.40. The van der Waals surface area contributed by atoms with Crippen molar-refractivity contribution in [3.8, 4) is 0 Å². The molecule has 1 aromatic carbocycles. The highest BCUT2D eigenvalue weighted by atomic mass is 35.5. The summed E-state index contributed by atoms with van der Waals surface area (Å²) in [5, 5.41) is 0.725. The van der Waals surface area contributed by atoms with E-state index in [1.165, 1.54) is 4.90 Å². The van der Waals surface area contributed by atoms with Gasteiger partial charge in [-0.05, 0) is 62.9 Å². The number of carbonyl (C=O) groups excluding carboxylic acids is 2. The summed E-state index contributed by atoms with van der Waals surface area (Å²) in [6.45, 7) is 1.78. The molecule has 3 amide bonds. The molecule has 1 aromatic rings. The molecule has 5 nitrogen and oxygen atoms in total. The highest BCUT2D eigenvalue weighted by Crippen LogP contribution is 2.38. The van der Waals surface area contributed by atoms with E-state index in [0.29, 0.717) is 12.6 Å². The van der Waals surface area contributed by atoms with Crippen molar-refractivity contribution in [1.82, 2.24) is 14.7 Å². The summed E-state index contributed by atoms with van der Waals surface area (Å²) in [7, 11) is 2.11. The van der Waals surface area contributed by atoms with Gasteiger partial charge in [-0.1, -0.05) is 23.7 Å². The summed E-state index contributed by atoms with van der Waals surface area (Å²) in [4.78, 5) is 30.6. The Hall–Kier alpha value is -1.59. The van der Waals surface area contributed by atoms with Crippen molar-refractivity contribution in [2.75, 3.05) is 26.7 Å². The minimum absolute atomic E-state index is 0.0463. The number of imide groups is 1. The second-order valence-electron chi connectivity index (χ2n) is 7.53. The maximum absolute atomic E-state index is 12.6. The van der Waals surface area contributed by atoms with Crippen molar-refractivity contribution in [3.05, 3.63) is 34.9 Å². The van der Waals surface area contributed by atoms with Crippen LogP contribution in [0.3, 0.4) is 0 Å². The maximum Gasteiger partial charge on any atom is 0.327 e. The van der Waals surface area contributed by atoms with Crippen LogP contribution in [0.4, 0.5) is 4.79 Å². The first kappa shape index (κ1) is 16.9. The van der Waals surface area contributed by atoms with E-state index in [2.05, 4.69) is 18.0 Å². The number of carbonyl (C=O) groups is 2. The monoisotopic (exact) mass is 361 g/mol. The molecule has 3 aliphatic rings. The zero-order valence-corrected chi connectivity index (χ0v) is 15.3. The van der Waals surface area contributed by atoms with Gasteiger partial charge in [-0.15, -0.1) is 0 Å². The third-order valence-corrected chi connectivity index (χ3v) is 5.92. The summed E-state index contributed by atoms with van der Waals surface area (Å²) in [5.74, 6) is 0.194. The van der Waals surface area contributed by atoms with Gasteiger partial charge in [0.15, 0.2) is 0 Å². The Morgan fingerprint density at radius 1 is 1.20 bits per heavy atom. The molecule has 2 atom stereocenters. The molecule has 25 heavy (non-hydrogen) atoms. The van der Waals surface area contributed by atoms with E-state index in [0.717, 1.165) is 42.8 Å². The molecule has 3 fully saturated rings. The predicted molar refractivity (Wildman–Crippen MR) is 96.4 cm³/mol. The fraction of sp³-hybridized carbons (Fsp3) is 0.579. The first-order chi connectivity index (χ1) is 12.0. The lowest BCUT2D eigenvalue weighted by atomic mass is 9.84. The number of likely N-dealkylation sites (tertiary alicyclic amines) is 1. The molecule has 2 aliphatic heterocycles. The Balaban J connectivity index is 1.55. The van der Waals surface area contributed by atoms with Crippen LogP contribution >= 0.6 is 11.6 Å². The number of benzene rings is 1. The molecule has 0 N–H and O–H groups in total. The van der Waals surface area contributed by atoms with Crippen molar-refractivity contribution >= 4 is 23.5 Å². The Morgan fingerprint density at radius 2 is 2.00 bits per heavy atom. The molecule has 2 saturated heterocycles. The van der Waals surface area contributed by atoms with Crippen molar-refractivity contribution in [2.24, 2.45) is 5.92 Å². The van der Waals surface area contributed by atoms with Gasteiger partial charge in [0.05, 0.1) is 0 Å². The van der Waals surface area contributed by atoms with Crippen LogP contribution in [0, 0.1) is 5.92 Å². The molecular weight excluding hydrogens is 338 g/mol. The average molecular weight is 362 g/mol. The molecule has 1 saturated carbocycles. The number of hydrogen-bond donors (Lipinski definition) is 0. The fourth-order valence-corrected chi connectivity index (χ4v) is 4.51. The number of nitrogens with zero attached hydrogens (tertiary/aromatic N) is 3. The predicted octanol–water partition coefficient (Wildman–Crippen LogP) is 3.15. The van der Waals surface area contributed by atoms with Crippen LogP contribution in [0.2, 0.25) is 5.02 Å². The van der Waals surface area contributed by atoms with E-state index in [-0.39, 0.29) is 30.4 Å². The highest BCUT2D eigenvalue weighted by molar-refractivity contribution is 6.30. The van der Waals surface area contributed by atoms with Crippen LogP contribution in [0.25, 0.3) is 0 Å². The number of rotatable bonds is 4. The van der Waals surface area contributed by atoms with Crippen LogP contribution in [0.5, 0.6) is 0 Å². The summed E-state index contributed by atoms with van der Waals surface area (Å²) >= 11 is 6.19. The summed E-state index contributed by atoms with van der Waals surface area (Å²) in [6.07, 6.45) is 4.16. The van der Waals surface area contributed by atoms with Crippen molar-refractivity contribution in [1.29, 1.82) is 0 Å². The van der Waals surface area contributed by atoms with Gasteiger partial charge in [0.2, 0.25) is 5.91 Å². The van der Waals surface area contributed by atoms with Gasteiger partial charge in [0.25, 0.3) is 0 Å². The molecule has 0 bridgehead atoms. The van der Waals surface area contributed by atoms with Gasteiger partial charge >= 0.3 is 6.03 Å². The third-order valence-electron chi connectivity index (χ3n) is 5.69. The topological polar surface area (TPSA) is 43.9 Å². The molecule has 0 aromatic heterocycles. The van der Waals surface area contributed by atoms with Crippen LogP contribution in [-0.4, -0.2) is 59.4 Å². The number of urea groups is 1. The SMILES string of the molecule is CN1CCC[C@@H](CN2C(=O)CN(C3CC3)C2=O)[C@@H]1c1cccc(Cl)c1. The van der Waals surface area contributed by atoms with Crippen LogP contribution in [0.1, 0.15) is 37.3 Å². The Kier molecular flexibility index (Phi) is 4.46. The first-order valence-corrected chi connectivity index (χ1v) is 9.49. The quantitative estimate of drug-likeness (QED) is 0.774. The van der Waals surface area contributed by atoms with E-state index < -0.39 is 0 Å². The van der Waals surface area contributed by atoms with E-state index in [1.807, 2.05) is 18.2 Å². The minimum atomic E-state index is -0.0921. The zero-order valence-electron chi connectivity index (χ0n) is 14.5. The molecule has 1 aliphatic carbocycles. The van der Waals surface area contributed by atoms with Gasteiger partial charge in [-0.2, -0.15) is 0 Å². The number of hydrogen-bond acceptors (Lipinski definition) is 3. The third kappa shape index (κ3) is 3.27. The van der Waals surface area contributed by atoms with Crippen molar-refractivity contribution in [2.45, 2.75) is 37.8 Å². The lowest BCUT2D eigenvalue weighted by Crippen LogP contribution is -2.44. The van der Waals surface area contributed by atoms with Gasteiger partial charge in [-0.3, -0.25) is 14.6 Å². The Bertz CT molecular complexity index is 691. The largest absolute Gasteiger partial charge is 0.327 e. The smallest absolute Gasteiger partial charge is 0.312 e. The molecule has 2 heterocycles. The number of amides is 3. The average Bonchev–Trinajstić information content (AvgIpc) is 3.37. The van der Waals surface area contributed by atoms with E-state index in [9.17, 15) is 9.59 Å². The molecule has 134 valence electrons. The Morgan fingerprint density at radius 3 is 2.72 bits per heavy atom. The Labute approximate surface area is 153 Å². The van der Waals surface area contributed by atoms with Crippen LogP contribution in [-0.2, 0) is 4.79 Å². The highest BCUT2D eigenvalue weighted by Gasteiger charge is 2.45. The van der Waals surface area contributed by atoms with Gasteiger partial charge in [0, 0.05) is 23.7 Å². The normalized spacial score (nSPS) is 28.1. The number of piperidine rings is 1. The van der Waals surface area contributed by atoms with Gasteiger partial charge < -0.3 is 4.90 Å². The molecular formula is C19H24ClN3O2. The second-order valence-corrected chi connectivity index (χ2v) is 7.97. The molecule has 6 heteroatoms. The molecule has 0 radical (unpaired) electrons. The van der Waals surface area contributed by atoms with Gasteiger partial charge in [-0.25, -0.2) is 4.79 Å². The van der Waals surface area contributed by atoms with Crippen molar-refractivity contribution < 1.29 is 9.59 Å². The molecule has 4 rings (SSSR count). The standard InChI is InChI=1S/C19H24ClN3O2/c1-21-9-3-5-14(18(21)13-4-2-6-15(20)10-13)11-23-17(24)12-22(19(23)25)16-7-8-16/h2,4,6,10,14,16,18H,3,5,7-9,11-12H2,1H3/t14-,18-/m0/s1. The van der Waals surface area contributed by atoms with E-state index in [4.69, 9.17) is 11.6 Å². The second kappa shape index (κ2) is 6.61.